The van der Waals surface area contributed by atoms with E-state index < -0.39 is 18.5 Å². The topological polar surface area (TPSA) is 90.3 Å². The average molecular weight is 441 g/mol. The van der Waals surface area contributed by atoms with E-state index in [-0.39, 0.29) is 11.3 Å². The van der Waals surface area contributed by atoms with Crippen LogP contribution < -0.4 is 10.9 Å². The summed E-state index contributed by atoms with van der Waals surface area (Å²) < 4.78 is 6.60. The van der Waals surface area contributed by atoms with Crippen molar-refractivity contribution < 1.29 is 14.3 Å². The zero-order valence-corrected chi connectivity index (χ0v) is 18.6. The van der Waals surface area contributed by atoms with Crippen molar-refractivity contribution in [2.45, 2.75) is 13.8 Å². The summed E-state index contributed by atoms with van der Waals surface area (Å²) in [6.45, 7) is 3.35. The van der Waals surface area contributed by atoms with Crippen LogP contribution in [-0.4, -0.2) is 28.0 Å². The molecule has 166 valence electrons. The van der Waals surface area contributed by atoms with Gasteiger partial charge in [-0.3, -0.25) is 9.59 Å². The van der Waals surface area contributed by atoms with Gasteiger partial charge in [0.05, 0.1) is 0 Å². The molecule has 0 aliphatic heterocycles. The van der Waals surface area contributed by atoms with E-state index >= 15 is 0 Å². The Kier molecular flexibility index (Phi) is 6.04. The van der Waals surface area contributed by atoms with Crippen molar-refractivity contribution in [2.75, 3.05) is 11.9 Å². The number of nitrogens with zero attached hydrogens (tertiary/aromatic N) is 2. The van der Waals surface area contributed by atoms with E-state index in [0.29, 0.717) is 22.2 Å². The zero-order valence-electron chi connectivity index (χ0n) is 18.6. The standard InChI is InChI=1S/C26H23N3O4/c1-16-8-11-18(12-9-16)23-19-6-4-5-7-20(19)25(31)29(3)24(23)26(32)33-15-22(30)28-21-13-10-17(2)14-27-21/h4-14H,15H2,1-3H3,(H,27,28,30). The number of anilines is 1. The number of hydrogen-bond donors (Lipinski definition) is 1. The molecule has 1 amide bonds. The molecule has 4 aromatic rings. The molecular formula is C26H23N3O4. The van der Waals surface area contributed by atoms with Gasteiger partial charge in [0.15, 0.2) is 6.61 Å². The Labute approximate surface area is 190 Å². The number of esters is 1. The van der Waals surface area contributed by atoms with Gasteiger partial charge in [-0.25, -0.2) is 9.78 Å². The van der Waals surface area contributed by atoms with Gasteiger partial charge < -0.3 is 14.6 Å². The molecule has 7 heteroatoms. The number of benzene rings is 2. The molecule has 2 heterocycles. The second-order valence-corrected chi connectivity index (χ2v) is 7.84. The van der Waals surface area contributed by atoms with Crippen LogP contribution in [0.5, 0.6) is 0 Å². The highest BCUT2D eigenvalue weighted by atomic mass is 16.5. The van der Waals surface area contributed by atoms with E-state index in [1.807, 2.05) is 50.2 Å². The number of aryl methyl sites for hydroxylation is 2. The lowest BCUT2D eigenvalue weighted by atomic mass is 9.96. The van der Waals surface area contributed by atoms with Gasteiger partial charge in [0.25, 0.3) is 11.5 Å². The third-order valence-electron chi connectivity index (χ3n) is 5.35. The first kappa shape index (κ1) is 22.0. The molecule has 0 unspecified atom stereocenters. The molecule has 0 radical (unpaired) electrons. The molecule has 0 atom stereocenters. The maximum Gasteiger partial charge on any atom is 0.356 e. The van der Waals surface area contributed by atoms with E-state index in [2.05, 4.69) is 10.3 Å². The first-order valence-corrected chi connectivity index (χ1v) is 10.4. The summed E-state index contributed by atoms with van der Waals surface area (Å²) in [6.07, 6.45) is 1.63. The number of carbonyl (C=O) groups excluding carboxylic acids is 2. The fourth-order valence-corrected chi connectivity index (χ4v) is 3.64. The number of ether oxygens (including phenoxy) is 1. The molecule has 4 rings (SSSR count). The van der Waals surface area contributed by atoms with Crippen molar-refractivity contribution in [2.24, 2.45) is 7.05 Å². The Morgan fingerprint density at radius 1 is 0.939 bits per heavy atom. The molecule has 0 saturated carbocycles. The second-order valence-electron chi connectivity index (χ2n) is 7.84. The number of fused-ring (bicyclic) bond motifs is 1. The smallest absolute Gasteiger partial charge is 0.356 e. The lowest BCUT2D eigenvalue weighted by Gasteiger charge is -2.17. The van der Waals surface area contributed by atoms with Crippen molar-refractivity contribution in [1.82, 2.24) is 9.55 Å². The minimum absolute atomic E-state index is 0.0869. The molecule has 1 N–H and O–H groups in total. The van der Waals surface area contributed by atoms with Crippen LogP contribution in [0.4, 0.5) is 5.82 Å². The molecule has 0 saturated heterocycles. The second kappa shape index (κ2) is 9.08. The summed E-state index contributed by atoms with van der Waals surface area (Å²) >= 11 is 0. The van der Waals surface area contributed by atoms with Crippen molar-refractivity contribution in [3.05, 3.63) is 94.0 Å². The minimum Gasteiger partial charge on any atom is -0.451 e. The third-order valence-corrected chi connectivity index (χ3v) is 5.35. The number of rotatable bonds is 5. The van der Waals surface area contributed by atoms with Gasteiger partial charge >= 0.3 is 5.97 Å². The number of aromatic nitrogens is 2. The molecule has 0 aliphatic rings. The monoisotopic (exact) mass is 441 g/mol. The average Bonchev–Trinajstić information content (AvgIpc) is 2.82. The predicted octanol–water partition coefficient (Wildman–Crippen LogP) is 4.01. The molecule has 2 aromatic carbocycles. The fraction of sp³-hybridized carbons (Fsp3) is 0.154. The molecule has 2 aromatic heterocycles. The van der Waals surface area contributed by atoms with Crippen LogP contribution in [0.2, 0.25) is 0 Å². The van der Waals surface area contributed by atoms with Crippen molar-refractivity contribution in [3.63, 3.8) is 0 Å². The van der Waals surface area contributed by atoms with Crippen LogP contribution in [-0.2, 0) is 16.6 Å². The first-order valence-electron chi connectivity index (χ1n) is 10.4. The number of amides is 1. The Hall–Kier alpha value is -4.26. The van der Waals surface area contributed by atoms with Gasteiger partial charge in [0.1, 0.15) is 11.5 Å². The molecule has 7 nitrogen and oxygen atoms in total. The predicted molar refractivity (Wildman–Crippen MR) is 127 cm³/mol. The third kappa shape index (κ3) is 4.52. The summed E-state index contributed by atoms with van der Waals surface area (Å²) in [7, 11) is 1.53. The molecule has 0 aliphatic carbocycles. The van der Waals surface area contributed by atoms with Crippen molar-refractivity contribution in [1.29, 1.82) is 0 Å². The van der Waals surface area contributed by atoms with Gasteiger partial charge in [-0.2, -0.15) is 0 Å². The lowest BCUT2D eigenvalue weighted by molar-refractivity contribution is -0.119. The number of carbonyl (C=O) groups is 2. The minimum atomic E-state index is -0.761. The lowest BCUT2D eigenvalue weighted by Crippen LogP contribution is -2.28. The first-order chi connectivity index (χ1) is 15.8. The maximum absolute atomic E-state index is 13.1. The van der Waals surface area contributed by atoms with Crippen LogP contribution >= 0.6 is 0 Å². The molecule has 33 heavy (non-hydrogen) atoms. The molecule has 0 fully saturated rings. The van der Waals surface area contributed by atoms with Gasteiger partial charge in [-0.15, -0.1) is 0 Å². The van der Waals surface area contributed by atoms with E-state index in [4.69, 9.17) is 4.74 Å². The molecular weight excluding hydrogens is 418 g/mol. The van der Waals surface area contributed by atoms with Gasteiger partial charge in [0, 0.05) is 24.2 Å². The van der Waals surface area contributed by atoms with Gasteiger partial charge in [0.2, 0.25) is 0 Å². The summed E-state index contributed by atoms with van der Waals surface area (Å²) in [5.41, 5.74) is 3.15. The highest BCUT2D eigenvalue weighted by Gasteiger charge is 2.23. The summed E-state index contributed by atoms with van der Waals surface area (Å²) in [4.78, 5) is 42.5. The van der Waals surface area contributed by atoms with E-state index in [1.165, 1.54) is 11.6 Å². The summed E-state index contributed by atoms with van der Waals surface area (Å²) in [6, 6.07) is 18.3. The molecule has 0 bridgehead atoms. The number of pyridine rings is 2. The number of hydrogen-bond acceptors (Lipinski definition) is 5. The number of nitrogens with one attached hydrogen (secondary N) is 1. The van der Waals surface area contributed by atoms with Crippen LogP contribution in [0, 0.1) is 13.8 Å². The largest absolute Gasteiger partial charge is 0.451 e. The summed E-state index contributed by atoms with van der Waals surface area (Å²) in [5.74, 6) is -0.926. The van der Waals surface area contributed by atoms with Crippen molar-refractivity contribution >= 4 is 28.5 Å². The summed E-state index contributed by atoms with van der Waals surface area (Å²) in [5, 5.41) is 3.73. The highest BCUT2D eigenvalue weighted by molar-refractivity contribution is 6.07. The van der Waals surface area contributed by atoms with E-state index in [0.717, 1.165) is 16.7 Å². The van der Waals surface area contributed by atoms with E-state index in [1.54, 1.807) is 30.5 Å². The Morgan fingerprint density at radius 2 is 1.61 bits per heavy atom. The quantitative estimate of drug-likeness (QED) is 0.473. The Morgan fingerprint density at radius 3 is 2.27 bits per heavy atom. The Balaban J connectivity index is 1.69. The van der Waals surface area contributed by atoms with Crippen LogP contribution in [0.25, 0.3) is 21.9 Å². The SMILES string of the molecule is Cc1ccc(-c2c(C(=O)OCC(=O)Nc3ccc(C)cn3)n(C)c(=O)c3ccccc23)cc1. The highest BCUT2D eigenvalue weighted by Crippen LogP contribution is 2.31. The normalized spacial score (nSPS) is 10.8. The van der Waals surface area contributed by atoms with E-state index in [9.17, 15) is 14.4 Å². The fourth-order valence-electron chi connectivity index (χ4n) is 3.64. The van der Waals surface area contributed by atoms with Crippen LogP contribution in [0.3, 0.4) is 0 Å². The molecule has 0 spiro atoms. The van der Waals surface area contributed by atoms with Gasteiger partial charge in [-0.05, 0) is 42.5 Å². The van der Waals surface area contributed by atoms with Gasteiger partial charge in [-0.1, -0.05) is 54.1 Å². The van der Waals surface area contributed by atoms with Crippen LogP contribution in [0.15, 0.2) is 71.7 Å². The Bertz CT molecular complexity index is 1400. The van der Waals surface area contributed by atoms with Crippen LogP contribution in [0.1, 0.15) is 21.6 Å². The zero-order chi connectivity index (χ0) is 23.5. The maximum atomic E-state index is 13.1. The van der Waals surface area contributed by atoms with Crippen molar-refractivity contribution in [3.8, 4) is 11.1 Å².